The molecule has 0 aliphatic heterocycles. The fraction of sp³-hybridized carbons (Fsp3) is 0.692. The lowest BCUT2D eigenvalue weighted by molar-refractivity contribution is -0.143. The third kappa shape index (κ3) is 4.14. The fourth-order valence-corrected chi connectivity index (χ4v) is 1.71. The Hall–Kier alpha value is -1.36. The predicted octanol–water partition coefficient (Wildman–Crippen LogP) is 1.59. The summed E-state index contributed by atoms with van der Waals surface area (Å²) in [5.74, 6) is -0.0729. The first-order valence-corrected chi connectivity index (χ1v) is 6.40. The summed E-state index contributed by atoms with van der Waals surface area (Å²) in [4.78, 5) is 16.1. The highest BCUT2D eigenvalue weighted by molar-refractivity contribution is 5.84. The number of carbonyl (C=O) groups excluding carboxylic acids is 1. The zero-order chi connectivity index (χ0) is 13.6. The van der Waals surface area contributed by atoms with Gasteiger partial charge in [-0.05, 0) is 27.2 Å². The maximum absolute atomic E-state index is 12.1. The minimum Gasteiger partial charge on any atom is -0.366 e. The highest BCUT2D eigenvalue weighted by Crippen LogP contribution is 2.10. The molecule has 1 rings (SSSR count). The van der Waals surface area contributed by atoms with Crippen LogP contribution in [0.2, 0.25) is 0 Å². The van der Waals surface area contributed by atoms with E-state index in [2.05, 4.69) is 17.2 Å². The van der Waals surface area contributed by atoms with E-state index in [-0.39, 0.29) is 11.9 Å². The summed E-state index contributed by atoms with van der Waals surface area (Å²) in [6.07, 6.45) is 6.25. The van der Waals surface area contributed by atoms with Gasteiger partial charge in [0.05, 0.1) is 6.33 Å². The maximum atomic E-state index is 12.1. The molecule has 0 saturated heterocycles. The molecule has 0 fully saturated rings. The number of rotatable bonds is 7. The van der Waals surface area contributed by atoms with Crippen LogP contribution in [0.15, 0.2) is 18.7 Å². The van der Waals surface area contributed by atoms with E-state index in [0.717, 1.165) is 13.0 Å². The number of nitrogens with zero attached hydrogens (tertiary/aromatic N) is 2. The van der Waals surface area contributed by atoms with Gasteiger partial charge in [-0.1, -0.05) is 6.92 Å². The van der Waals surface area contributed by atoms with Gasteiger partial charge in [-0.25, -0.2) is 4.98 Å². The van der Waals surface area contributed by atoms with Crippen molar-refractivity contribution in [3.63, 3.8) is 0 Å². The van der Waals surface area contributed by atoms with Crippen molar-refractivity contribution in [3.05, 3.63) is 18.7 Å². The van der Waals surface area contributed by atoms with Crippen LogP contribution in [-0.2, 0) is 16.1 Å². The molecule has 0 aromatic carbocycles. The molecule has 0 bridgehead atoms. The van der Waals surface area contributed by atoms with E-state index in [4.69, 9.17) is 4.74 Å². The molecule has 1 unspecified atom stereocenters. The Balaban J connectivity index is 2.55. The molecule has 1 amide bonds. The third-order valence-electron chi connectivity index (χ3n) is 2.87. The van der Waals surface area contributed by atoms with Crippen LogP contribution in [0.3, 0.4) is 0 Å². The Kier molecular flexibility index (Phi) is 5.34. The highest BCUT2D eigenvalue weighted by Gasteiger charge is 2.29. The van der Waals surface area contributed by atoms with Crippen molar-refractivity contribution in [2.75, 3.05) is 6.61 Å². The van der Waals surface area contributed by atoms with Crippen LogP contribution in [0.1, 0.15) is 34.1 Å². The van der Waals surface area contributed by atoms with Crippen LogP contribution in [-0.4, -0.2) is 33.7 Å². The van der Waals surface area contributed by atoms with E-state index in [1.165, 1.54) is 0 Å². The van der Waals surface area contributed by atoms with Crippen LogP contribution in [0.25, 0.3) is 0 Å². The van der Waals surface area contributed by atoms with Crippen molar-refractivity contribution >= 4 is 5.91 Å². The predicted molar refractivity (Wildman–Crippen MR) is 70.2 cm³/mol. The van der Waals surface area contributed by atoms with Crippen LogP contribution in [0, 0.1) is 0 Å². The second-order valence-electron chi connectivity index (χ2n) is 4.78. The first kappa shape index (κ1) is 14.7. The summed E-state index contributed by atoms with van der Waals surface area (Å²) in [6.45, 7) is 8.77. The summed E-state index contributed by atoms with van der Waals surface area (Å²) in [5.41, 5.74) is -0.781. The minimum atomic E-state index is -0.781. The molecule has 0 radical (unpaired) electrons. The Morgan fingerprint density at radius 2 is 2.22 bits per heavy atom. The number of carbonyl (C=O) groups is 1. The largest absolute Gasteiger partial charge is 0.366 e. The molecule has 1 aromatic heterocycles. The van der Waals surface area contributed by atoms with E-state index in [0.29, 0.717) is 6.61 Å². The highest BCUT2D eigenvalue weighted by atomic mass is 16.5. The fourth-order valence-electron chi connectivity index (χ4n) is 1.71. The standard InChI is InChI=1S/C13H23N3O2/c1-5-11(9-16-8-7-14-10-16)15-12(17)13(3,4)18-6-2/h7-8,10-11H,5-6,9H2,1-4H3,(H,15,17). The molecule has 1 atom stereocenters. The van der Waals surface area contributed by atoms with E-state index < -0.39 is 5.60 Å². The van der Waals surface area contributed by atoms with E-state index in [1.807, 2.05) is 17.7 Å². The van der Waals surface area contributed by atoms with Gasteiger partial charge in [-0.2, -0.15) is 0 Å². The summed E-state index contributed by atoms with van der Waals surface area (Å²) in [5, 5.41) is 3.02. The molecule has 0 saturated carbocycles. The number of hydrogen-bond donors (Lipinski definition) is 1. The molecule has 1 heterocycles. The molecule has 5 heteroatoms. The third-order valence-corrected chi connectivity index (χ3v) is 2.87. The Morgan fingerprint density at radius 1 is 1.50 bits per heavy atom. The van der Waals surface area contributed by atoms with Gasteiger partial charge in [-0.3, -0.25) is 4.79 Å². The zero-order valence-electron chi connectivity index (χ0n) is 11.6. The quantitative estimate of drug-likeness (QED) is 0.803. The number of hydrogen-bond acceptors (Lipinski definition) is 3. The summed E-state index contributed by atoms with van der Waals surface area (Å²) in [6, 6.07) is 0.0893. The van der Waals surface area contributed by atoms with Crippen molar-refractivity contribution < 1.29 is 9.53 Å². The first-order chi connectivity index (χ1) is 8.49. The van der Waals surface area contributed by atoms with Gasteiger partial charge in [0.25, 0.3) is 5.91 Å². The summed E-state index contributed by atoms with van der Waals surface area (Å²) >= 11 is 0. The van der Waals surface area contributed by atoms with Gasteiger partial charge in [0.1, 0.15) is 5.60 Å². The Labute approximate surface area is 109 Å². The number of nitrogens with one attached hydrogen (secondary N) is 1. The molecule has 0 aliphatic carbocycles. The average molecular weight is 253 g/mol. The maximum Gasteiger partial charge on any atom is 0.251 e. The summed E-state index contributed by atoms with van der Waals surface area (Å²) in [7, 11) is 0. The molecule has 1 N–H and O–H groups in total. The molecule has 18 heavy (non-hydrogen) atoms. The van der Waals surface area contributed by atoms with Crippen LogP contribution < -0.4 is 5.32 Å². The molecule has 102 valence electrons. The van der Waals surface area contributed by atoms with Gasteiger partial charge in [0.15, 0.2) is 0 Å². The Bertz CT molecular complexity index is 360. The van der Waals surface area contributed by atoms with Crippen molar-refractivity contribution in [2.24, 2.45) is 0 Å². The van der Waals surface area contributed by atoms with Crippen LogP contribution >= 0.6 is 0 Å². The second kappa shape index (κ2) is 6.54. The SMILES string of the molecule is CCOC(C)(C)C(=O)NC(CC)Cn1ccnc1. The second-order valence-corrected chi connectivity index (χ2v) is 4.78. The summed E-state index contributed by atoms with van der Waals surface area (Å²) < 4.78 is 7.40. The van der Waals surface area contributed by atoms with Crippen molar-refractivity contribution in [1.82, 2.24) is 14.9 Å². The number of ether oxygens (including phenoxy) is 1. The minimum absolute atomic E-state index is 0.0729. The molecule has 1 aromatic rings. The Morgan fingerprint density at radius 3 is 2.72 bits per heavy atom. The van der Waals surface area contributed by atoms with E-state index in [9.17, 15) is 4.79 Å². The average Bonchev–Trinajstić information content (AvgIpc) is 2.80. The monoisotopic (exact) mass is 253 g/mol. The lowest BCUT2D eigenvalue weighted by Gasteiger charge is -2.27. The van der Waals surface area contributed by atoms with Gasteiger partial charge < -0.3 is 14.6 Å². The lowest BCUT2D eigenvalue weighted by Crippen LogP contribution is -2.49. The molecule has 0 spiro atoms. The van der Waals surface area contributed by atoms with Gasteiger partial charge >= 0.3 is 0 Å². The van der Waals surface area contributed by atoms with Crippen molar-refractivity contribution in [1.29, 1.82) is 0 Å². The lowest BCUT2D eigenvalue weighted by atomic mass is 10.1. The molecular weight excluding hydrogens is 230 g/mol. The van der Waals surface area contributed by atoms with E-state index in [1.54, 1.807) is 26.4 Å². The molecule has 5 nitrogen and oxygen atoms in total. The van der Waals surface area contributed by atoms with Gasteiger partial charge in [-0.15, -0.1) is 0 Å². The smallest absolute Gasteiger partial charge is 0.251 e. The van der Waals surface area contributed by atoms with Gasteiger partial charge in [0, 0.05) is 31.6 Å². The van der Waals surface area contributed by atoms with Crippen molar-refractivity contribution in [3.8, 4) is 0 Å². The molecule has 0 aliphatic rings. The van der Waals surface area contributed by atoms with Crippen molar-refractivity contribution in [2.45, 2.75) is 52.3 Å². The number of imidazole rings is 1. The zero-order valence-corrected chi connectivity index (χ0v) is 11.6. The topological polar surface area (TPSA) is 56.1 Å². The molecular formula is C13H23N3O2. The van der Waals surface area contributed by atoms with Gasteiger partial charge in [0.2, 0.25) is 0 Å². The normalized spacial score (nSPS) is 13.3. The first-order valence-electron chi connectivity index (χ1n) is 6.40. The van der Waals surface area contributed by atoms with E-state index >= 15 is 0 Å². The number of amides is 1. The number of aromatic nitrogens is 2. The van der Waals surface area contributed by atoms with Crippen LogP contribution in [0.5, 0.6) is 0 Å². The van der Waals surface area contributed by atoms with Crippen LogP contribution in [0.4, 0.5) is 0 Å².